The van der Waals surface area contributed by atoms with E-state index in [4.69, 9.17) is 0 Å². The number of hydrogen-bond donors (Lipinski definition) is 1. The molecular formula is C13H16OS. The largest absolute Gasteiger partial charge is 0.300 e. The zero-order valence-corrected chi connectivity index (χ0v) is 9.84. The molecule has 0 aliphatic heterocycles. The van der Waals surface area contributed by atoms with Crippen molar-refractivity contribution < 1.29 is 4.79 Å². The summed E-state index contributed by atoms with van der Waals surface area (Å²) >= 11 is 4.27. The fourth-order valence-electron chi connectivity index (χ4n) is 2.40. The summed E-state index contributed by atoms with van der Waals surface area (Å²) in [5.41, 5.74) is 1.36. The minimum absolute atomic E-state index is 0.297. The summed E-state index contributed by atoms with van der Waals surface area (Å²) in [5, 5.41) is 0. The number of rotatable bonds is 2. The van der Waals surface area contributed by atoms with Gasteiger partial charge in [-0.2, -0.15) is 0 Å². The molecule has 0 radical (unpaired) electrons. The van der Waals surface area contributed by atoms with E-state index < -0.39 is 0 Å². The van der Waals surface area contributed by atoms with E-state index in [1.54, 1.807) is 6.92 Å². The third-order valence-electron chi connectivity index (χ3n) is 3.37. The standard InChI is InChI=1S/C13H16OS/c1-9(14)11-2-3-12(8-11)10-4-6-13(15)7-5-10/h4-7,11-12,15H,2-3,8H2,1H3/t11-,12-/m0/s1. The minimum Gasteiger partial charge on any atom is -0.300 e. The zero-order valence-electron chi connectivity index (χ0n) is 8.94. The van der Waals surface area contributed by atoms with Crippen molar-refractivity contribution in [3.63, 3.8) is 0 Å². The summed E-state index contributed by atoms with van der Waals surface area (Å²) in [4.78, 5) is 12.3. The second-order valence-corrected chi connectivity index (χ2v) is 4.93. The van der Waals surface area contributed by atoms with Gasteiger partial charge in [-0.3, -0.25) is 4.79 Å². The lowest BCUT2D eigenvalue weighted by molar-refractivity contribution is -0.120. The molecule has 0 aromatic heterocycles. The highest BCUT2D eigenvalue weighted by Gasteiger charge is 2.28. The molecule has 0 spiro atoms. The molecule has 1 nitrogen and oxygen atoms in total. The van der Waals surface area contributed by atoms with Gasteiger partial charge in [0.2, 0.25) is 0 Å². The van der Waals surface area contributed by atoms with Gasteiger partial charge in [-0.15, -0.1) is 12.6 Å². The van der Waals surface area contributed by atoms with E-state index in [0.29, 0.717) is 17.6 Å². The van der Waals surface area contributed by atoms with Crippen LogP contribution in [-0.4, -0.2) is 5.78 Å². The Hall–Kier alpha value is -0.760. The van der Waals surface area contributed by atoms with Gasteiger partial charge >= 0.3 is 0 Å². The predicted molar refractivity (Wildman–Crippen MR) is 64.5 cm³/mol. The number of ketones is 1. The molecule has 1 saturated carbocycles. The molecule has 0 heterocycles. The molecule has 1 aliphatic carbocycles. The van der Waals surface area contributed by atoms with E-state index >= 15 is 0 Å². The molecule has 2 rings (SSSR count). The minimum atomic E-state index is 0.297. The number of hydrogen-bond acceptors (Lipinski definition) is 2. The van der Waals surface area contributed by atoms with E-state index in [1.165, 1.54) is 5.56 Å². The monoisotopic (exact) mass is 220 g/mol. The van der Waals surface area contributed by atoms with Gasteiger partial charge in [0.1, 0.15) is 5.78 Å². The SMILES string of the molecule is CC(=O)[C@H]1CC[C@H](c2ccc(S)cc2)C1. The quantitative estimate of drug-likeness (QED) is 0.755. The number of benzene rings is 1. The van der Waals surface area contributed by atoms with Crippen molar-refractivity contribution in [2.24, 2.45) is 5.92 Å². The van der Waals surface area contributed by atoms with Crippen LogP contribution in [0.2, 0.25) is 0 Å². The van der Waals surface area contributed by atoms with Gasteiger partial charge < -0.3 is 0 Å². The summed E-state index contributed by atoms with van der Waals surface area (Å²) in [6.07, 6.45) is 3.24. The molecule has 0 amide bonds. The Morgan fingerprint density at radius 3 is 2.47 bits per heavy atom. The van der Waals surface area contributed by atoms with Crippen LogP contribution in [0.15, 0.2) is 29.2 Å². The van der Waals surface area contributed by atoms with Crippen LogP contribution in [0.4, 0.5) is 0 Å². The molecule has 1 aromatic rings. The van der Waals surface area contributed by atoms with Crippen molar-refractivity contribution >= 4 is 18.4 Å². The Morgan fingerprint density at radius 1 is 1.27 bits per heavy atom. The molecule has 1 aromatic carbocycles. The van der Waals surface area contributed by atoms with Crippen LogP contribution in [-0.2, 0) is 4.79 Å². The van der Waals surface area contributed by atoms with Crippen molar-refractivity contribution in [1.82, 2.24) is 0 Å². The van der Waals surface area contributed by atoms with Crippen molar-refractivity contribution in [2.45, 2.75) is 37.0 Å². The summed E-state index contributed by atoms with van der Waals surface area (Å²) < 4.78 is 0. The highest BCUT2D eigenvalue weighted by Crippen LogP contribution is 2.38. The first-order valence-electron chi connectivity index (χ1n) is 5.46. The van der Waals surface area contributed by atoms with Gasteiger partial charge in [-0.25, -0.2) is 0 Å². The normalized spacial score (nSPS) is 25.5. The van der Waals surface area contributed by atoms with Crippen LogP contribution in [0.25, 0.3) is 0 Å². The molecule has 0 N–H and O–H groups in total. The smallest absolute Gasteiger partial charge is 0.132 e. The van der Waals surface area contributed by atoms with Crippen molar-refractivity contribution in [3.05, 3.63) is 29.8 Å². The molecule has 0 saturated heterocycles. The zero-order chi connectivity index (χ0) is 10.8. The van der Waals surface area contributed by atoms with Crippen molar-refractivity contribution in [2.75, 3.05) is 0 Å². The molecule has 2 heteroatoms. The first-order valence-corrected chi connectivity index (χ1v) is 5.91. The van der Waals surface area contributed by atoms with Crippen molar-refractivity contribution in [3.8, 4) is 0 Å². The van der Waals surface area contributed by atoms with Gasteiger partial charge in [0.25, 0.3) is 0 Å². The summed E-state index contributed by atoms with van der Waals surface area (Å²) in [5.74, 6) is 1.22. The average molecular weight is 220 g/mol. The first kappa shape index (κ1) is 10.7. The summed E-state index contributed by atoms with van der Waals surface area (Å²) in [6, 6.07) is 8.32. The number of Topliss-reactive ketones (excluding diaryl/α,β-unsaturated/α-hetero) is 1. The lowest BCUT2D eigenvalue weighted by Crippen LogP contribution is -2.05. The molecular weight excluding hydrogens is 204 g/mol. The molecule has 0 unspecified atom stereocenters. The molecule has 2 atom stereocenters. The fraction of sp³-hybridized carbons (Fsp3) is 0.462. The van der Waals surface area contributed by atoms with Crippen LogP contribution in [0.1, 0.15) is 37.7 Å². The maximum absolute atomic E-state index is 11.3. The van der Waals surface area contributed by atoms with Crippen LogP contribution < -0.4 is 0 Å². The molecule has 1 fully saturated rings. The first-order chi connectivity index (χ1) is 7.16. The van der Waals surface area contributed by atoms with E-state index in [0.717, 1.165) is 24.2 Å². The Morgan fingerprint density at radius 2 is 1.93 bits per heavy atom. The lowest BCUT2D eigenvalue weighted by Gasteiger charge is -2.10. The molecule has 15 heavy (non-hydrogen) atoms. The van der Waals surface area contributed by atoms with Crippen LogP contribution in [0.5, 0.6) is 0 Å². The molecule has 80 valence electrons. The van der Waals surface area contributed by atoms with Gasteiger partial charge in [0, 0.05) is 10.8 Å². The Labute approximate surface area is 96.3 Å². The third-order valence-corrected chi connectivity index (χ3v) is 3.67. The topological polar surface area (TPSA) is 17.1 Å². The van der Waals surface area contributed by atoms with Crippen LogP contribution in [0.3, 0.4) is 0 Å². The van der Waals surface area contributed by atoms with E-state index in [9.17, 15) is 4.79 Å². The Bertz CT molecular complexity index is 355. The van der Waals surface area contributed by atoms with E-state index in [-0.39, 0.29) is 0 Å². The number of thiol groups is 1. The maximum Gasteiger partial charge on any atom is 0.132 e. The maximum atomic E-state index is 11.3. The van der Waals surface area contributed by atoms with E-state index in [2.05, 4.69) is 24.8 Å². The number of carbonyl (C=O) groups excluding carboxylic acids is 1. The Balaban J connectivity index is 2.07. The lowest BCUT2D eigenvalue weighted by atomic mass is 9.95. The van der Waals surface area contributed by atoms with Crippen LogP contribution >= 0.6 is 12.6 Å². The van der Waals surface area contributed by atoms with Gasteiger partial charge in [0.15, 0.2) is 0 Å². The highest BCUT2D eigenvalue weighted by atomic mass is 32.1. The summed E-state index contributed by atoms with van der Waals surface area (Å²) in [7, 11) is 0. The van der Waals surface area contributed by atoms with Gasteiger partial charge in [0.05, 0.1) is 0 Å². The third kappa shape index (κ3) is 2.43. The predicted octanol–water partition coefficient (Wildman–Crippen LogP) is 3.45. The second-order valence-electron chi connectivity index (χ2n) is 4.41. The van der Waals surface area contributed by atoms with E-state index in [1.807, 2.05) is 12.1 Å². The highest BCUT2D eigenvalue weighted by molar-refractivity contribution is 7.80. The molecule has 1 aliphatic rings. The van der Waals surface area contributed by atoms with Crippen molar-refractivity contribution in [1.29, 1.82) is 0 Å². The molecule has 0 bridgehead atoms. The summed E-state index contributed by atoms with van der Waals surface area (Å²) in [6.45, 7) is 1.71. The van der Waals surface area contributed by atoms with Crippen LogP contribution in [0, 0.1) is 5.92 Å². The number of carbonyl (C=O) groups is 1. The Kier molecular flexibility index (Phi) is 3.15. The fourth-order valence-corrected chi connectivity index (χ4v) is 2.55. The van der Waals surface area contributed by atoms with Gasteiger partial charge in [-0.05, 0) is 49.8 Å². The van der Waals surface area contributed by atoms with Gasteiger partial charge in [-0.1, -0.05) is 12.1 Å². The average Bonchev–Trinajstić information content (AvgIpc) is 2.68. The second kappa shape index (κ2) is 4.40.